The average molecular weight is 184 g/mol. The van der Waals surface area contributed by atoms with Crippen LogP contribution < -0.4 is 5.32 Å². The summed E-state index contributed by atoms with van der Waals surface area (Å²) in [6.45, 7) is 11.2. The molecule has 0 atom stereocenters. The molecular weight excluding hydrogens is 164 g/mol. The van der Waals surface area contributed by atoms with Crippen molar-refractivity contribution in [1.82, 2.24) is 10.2 Å². The van der Waals surface area contributed by atoms with Gasteiger partial charge in [-0.05, 0) is 19.8 Å². The molecule has 0 aromatic heterocycles. The smallest absolute Gasteiger partial charge is 0.321 e. The number of hydrogen-bond donors (Lipinski definition) is 1. The van der Waals surface area contributed by atoms with Gasteiger partial charge in [0, 0.05) is 18.8 Å². The van der Waals surface area contributed by atoms with Gasteiger partial charge in [-0.3, -0.25) is 0 Å². The Bertz CT molecular complexity index is 172. The van der Waals surface area contributed by atoms with Gasteiger partial charge in [-0.15, -0.1) is 0 Å². The fraction of sp³-hybridized carbons (Fsp3) is 0.700. The van der Waals surface area contributed by atoms with E-state index in [2.05, 4.69) is 25.7 Å². The van der Waals surface area contributed by atoms with Gasteiger partial charge in [-0.1, -0.05) is 20.4 Å². The van der Waals surface area contributed by atoms with Crippen LogP contribution in [0.1, 0.15) is 33.6 Å². The predicted molar refractivity (Wildman–Crippen MR) is 55.5 cm³/mol. The lowest BCUT2D eigenvalue weighted by molar-refractivity contribution is 0.200. The van der Waals surface area contributed by atoms with E-state index >= 15 is 0 Å². The van der Waals surface area contributed by atoms with Crippen molar-refractivity contribution in [2.45, 2.75) is 33.6 Å². The van der Waals surface area contributed by atoms with Crippen LogP contribution in [0.25, 0.3) is 0 Å². The Kier molecular flexibility index (Phi) is 6.02. The van der Waals surface area contributed by atoms with E-state index in [1.807, 2.05) is 4.90 Å². The monoisotopic (exact) mass is 184 g/mol. The molecule has 0 radical (unpaired) electrons. The van der Waals surface area contributed by atoms with Crippen LogP contribution >= 0.6 is 0 Å². The Morgan fingerprint density at radius 3 is 2.08 bits per heavy atom. The summed E-state index contributed by atoms with van der Waals surface area (Å²) in [5, 5.41) is 2.70. The molecule has 0 unspecified atom stereocenters. The third-order valence-corrected chi connectivity index (χ3v) is 1.59. The van der Waals surface area contributed by atoms with Crippen LogP contribution in [0.3, 0.4) is 0 Å². The zero-order valence-corrected chi connectivity index (χ0v) is 8.89. The zero-order valence-electron chi connectivity index (χ0n) is 8.89. The molecule has 1 N–H and O–H groups in total. The van der Waals surface area contributed by atoms with E-state index in [9.17, 15) is 4.79 Å². The molecule has 0 aliphatic heterocycles. The van der Waals surface area contributed by atoms with Crippen LogP contribution in [-0.2, 0) is 0 Å². The lowest BCUT2D eigenvalue weighted by Gasteiger charge is -2.21. The minimum Gasteiger partial charge on any atom is -0.325 e. The Morgan fingerprint density at radius 2 is 1.77 bits per heavy atom. The van der Waals surface area contributed by atoms with Gasteiger partial charge >= 0.3 is 6.03 Å². The fourth-order valence-corrected chi connectivity index (χ4v) is 1.12. The molecule has 0 rings (SSSR count). The number of nitrogens with zero attached hydrogens (tertiary/aromatic N) is 1. The van der Waals surface area contributed by atoms with Crippen LogP contribution in [0.2, 0.25) is 0 Å². The van der Waals surface area contributed by atoms with Crippen molar-refractivity contribution in [1.29, 1.82) is 0 Å². The van der Waals surface area contributed by atoms with Gasteiger partial charge in [0.2, 0.25) is 0 Å². The van der Waals surface area contributed by atoms with Crippen molar-refractivity contribution in [2.24, 2.45) is 0 Å². The van der Waals surface area contributed by atoms with Gasteiger partial charge in [-0.25, -0.2) is 4.79 Å². The second kappa shape index (κ2) is 6.52. The number of amides is 2. The Morgan fingerprint density at radius 1 is 1.31 bits per heavy atom. The third kappa shape index (κ3) is 5.28. The molecule has 13 heavy (non-hydrogen) atoms. The SMILES string of the molecule is C=C(C)NC(=O)N(CCC)CCC. The molecule has 3 nitrogen and oxygen atoms in total. The molecule has 0 fully saturated rings. The first-order valence-electron chi connectivity index (χ1n) is 4.83. The van der Waals surface area contributed by atoms with Crippen molar-refractivity contribution in [3.8, 4) is 0 Å². The molecule has 0 aliphatic carbocycles. The van der Waals surface area contributed by atoms with Crippen LogP contribution in [0.5, 0.6) is 0 Å². The lowest BCUT2D eigenvalue weighted by Crippen LogP contribution is -2.39. The number of urea groups is 1. The van der Waals surface area contributed by atoms with Gasteiger partial charge in [0.15, 0.2) is 0 Å². The van der Waals surface area contributed by atoms with Gasteiger partial charge in [-0.2, -0.15) is 0 Å². The molecule has 76 valence electrons. The first-order chi connectivity index (χ1) is 6.11. The maximum atomic E-state index is 11.5. The highest BCUT2D eigenvalue weighted by atomic mass is 16.2. The largest absolute Gasteiger partial charge is 0.325 e. The van der Waals surface area contributed by atoms with Crippen molar-refractivity contribution < 1.29 is 4.79 Å². The molecule has 0 aliphatic rings. The van der Waals surface area contributed by atoms with E-state index in [1.165, 1.54) is 0 Å². The minimum absolute atomic E-state index is 0.0313. The maximum Gasteiger partial charge on any atom is 0.321 e. The van der Waals surface area contributed by atoms with E-state index in [1.54, 1.807) is 6.92 Å². The van der Waals surface area contributed by atoms with Crippen molar-refractivity contribution in [2.75, 3.05) is 13.1 Å². The fourth-order valence-electron chi connectivity index (χ4n) is 1.12. The van der Waals surface area contributed by atoms with Crippen molar-refractivity contribution in [3.05, 3.63) is 12.3 Å². The normalized spacial score (nSPS) is 9.46. The van der Waals surface area contributed by atoms with Gasteiger partial charge in [0.1, 0.15) is 0 Å². The van der Waals surface area contributed by atoms with E-state index in [-0.39, 0.29) is 6.03 Å². The standard InChI is InChI=1S/C10H20N2O/c1-5-7-12(8-6-2)10(13)11-9(3)4/h3,5-8H2,1-2,4H3,(H,11,13). The second-order valence-electron chi connectivity index (χ2n) is 3.20. The molecule has 0 saturated carbocycles. The molecule has 2 amide bonds. The van der Waals surface area contributed by atoms with Gasteiger partial charge in [0.05, 0.1) is 0 Å². The number of rotatable bonds is 5. The first kappa shape index (κ1) is 12.0. The number of carbonyl (C=O) groups is 1. The summed E-state index contributed by atoms with van der Waals surface area (Å²) in [6, 6.07) is -0.0313. The number of allylic oxidation sites excluding steroid dienone is 1. The summed E-state index contributed by atoms with van der Waals surface area (Å²) >= 11 is 0. The predicted octanol–water partition coefficient (Wildman–Crippen LogP) is 2.35. The Labute approximate surface area is 80.8 Å². The molecule has 0 aromatic rings. The molecule has 0 bridgehead atoms. The van der Waals surface area contributed by atoms with E-state index < -0.39 is 0 Å². The zero-order chi connectivity index (χ0) is 10.3. The Hall–Kier alpha value is -0.990. The number of carbonyl (C=O) groups excluding carboxylic acids is 1. The summed E-state index contributed by atoms with van der Waals surface area (Å²) in [6.07, 6.45) is 1.98. The summed E-state index contributed by atoms with van der Waals surface area (Å²) in [4.78, 5) is 13.3. The molecule has 3 heteroatoms. The van der Waals surface area contributed by atoms with E-state index in [4.69, 9.17) is 0 Å². The molecule has 0 spiro atoms. The highest BCUT2D eigenvalue weighted by Crippen LogP contribution is 1.96. The van der Waals surface area contributed by atoms with Crippen molar-refractivity contribution >= 4 is 6.03 Å². The highest BCUT2D eigenvalue weighted by Gasteiger charge is 2.09. The molecule has 0 heterocycles. The van der Waals surface area contributed by atoms with Crippen LogP contribution in [-0.4, -0.2) is 24.0 Å². The summed E-state index contributed by atoms with van der Waals surface area (Å²) in [5.41, 5.74) is 0.696. The second-order valence-corrected chi connectivity index (χ2v) is 3.20. The number of nitrogens with one attached hydrogen (secondary N) is 1. The van der Waals surface area contributed by atoms with Crippen LogP contribution in [0, 0.1) is 0 Å². The summed E-state index contributed by atoms with van der Waals surface area (Å²) in [7, 11) is 0. The first-order valence-corrected chi connectivity index (χ1v) is 4.83. The minimum atomic E-state index is -0.0313. The lowest BCUT2D eigenvalue weighted by atomic mass is 10.4. The average Bonchev–Trinajstić information content (AvgIpc) is 2.02. The van der Waals surface area contributed by atoms with E-state index in [0.717, 1.165) is 25.9 Å². The summed E-state index contributed by atoms with van der Waals surface area (Å²) < 4.78 is 0. The van der Waals surface area contributed by atoms with Crippen LogP contribution in [0.15, 0.2) is 12.3 Å². The summed E-state index contributed by atoms with van der Waals surface area (Å²) in [5.74, 6) is 0. The topological polar surface area (TPSA) is 32.3 Å². The van der Waals surface area contributed by atoms with E-state index in [0.29, 0.717) is 5.70 Å². The van der Waals surface area contributed by atoms with Crippen molar-refractivity contribution in [3.63, 3.8) is 0 Å². The molecule has 0 saturated heterocycles. The third-order valence-electron chi connectivity index (χ3n) is 1.59. The van der Waals surface area contributed by atoms with Crippen LogP contribution in [0.4, 0.5) is 4.79 Å². The van der Waals surface area contributed by atoms with Gasteiger partial charge < -0.3 is 10.2 Å². The van der Waals surface area contributed by atoms with Gasteiger partial charge in [0.25, 0.3) is 0 Å². The molecular formula is C10H20N2O. The maximum absolute atomic E-state index is 11.5. The quantitative estimate of drug-likeness (QED) is 0.699. The Balaban J connectivity index is 4.02. The molecule has 0 aromatic carbocycles. The highest BCUT2D eigenvalue weighted by molar-refractivity contribution is 5.75. The number of hydrogen-bond acceptors (Lipinski definition) is 1.